The molecular formula is C15H24N2. The second-order valence-corrected chi connectivity index (χ2v) is 4.95. The number of nitrogens with zero attached hydrogens (tertiary/aromatic N) is 1. The zero-order chi connectivity index (χ0) is 12.1. The van der Waals surface area contributed by atoms with E-state index in [1.165, 1.54) is 30.6 Å². The third-order valence-corrected chi connectivity index (χ3v) is 3.60. The highest BCUT2D eigenvalue weighted by Gasteiger charge is 2.21. The van der Waals surface area contributed by atoms with Crippen molar-refractivity contribution in [2.24, 2.45) is 0 Å². The molecule has 1 aliphatic rings. The van der Waals surface area contributed by atoms with E-state index >= 15 is 0 Å². The van der Waals surface area contributed by atoms with E-state index in [1.807, 2.05) is 0 Å². The van der Waals surface area contributed by atoms with Gasteiger partial charge in [-0.1, -0.05) is 38.1 Å². The Hall–Kier alpha value is -0.860. The standard InChI is InChI=1S/C15H24N2/c1-3-13-5-7-14(8-6-13)11-17-10-9-15(12-17)16-4-2/h5-8,15-16H,3-4,9-12H2,1-2H3. The molecule has 1 aliphatic heterocycles. The number of likely N-dealkylation sites (tertiary alicyclic amines) is 1. The normalized spacial score (nSPS) is 20.9. The van der Waals surface area contributed by atoms with E-state index in [1.54, 1.807) is 0 Å². The molecule has 0 bridgehead atoms. The highest BCUT2D eigenvalue weighted by molar-refractivity contribution is 5.22. The van der Waals surface area contributed by atoms with E-state index in [9.17, 15) is 0 Å². The summed E-state index contributed by atoms with van der Waals surface area (Å²) in [6.07, 6.45) is 2.42. The van der Waals surface area contributed by atoms with E-state index in [-0.39, 0.29) is 0 Å². The molecule has 0 saturated carbocycles. The van der Waals surface area contributed by atoms with Crippen LogP contribution in [0, 0.1) is 0 Å². The zero-order valence-corrected chi connectivity index (χ0v) is 11.1. The molecule has 17 heavy (non-hydrogen) atoms. The van der Waals surface area contributed by atoms with Crippen molar-refractivity contribution < 1.29 is 0 Å². The summed E-state index contributed by atoms with van der Waals surface area (Å²) in [5.41, 5.74) is 2.88. The molecule has 1 N–H and O–H groups in total. The Labute approximate surface area is 105 Å². The van der Waals surface area contributed by atoms with E-state index in [2.05, 4.69) is 48.3 Å². The molecule has 2 rings (SSSR count). The smallest absolute Gasteiger partial charge is 0.0234 e. The van der Waals surface area contributed by atoms with Gasteiger partial charge in [0.15, 0.2) is 0 Å². The van der Waals surface area contributed by atoms with Crippen LogP contribution in [-0.4, -0.2) is 30.6 Å². The molecule has 0 amide bonds. The van der Waals surface area contributed by atoms with Crippen molar-refractivity contribution in [2.45, 2.75) is 39.3 Å². The van der Waals surface area contributed by atoms with Crippen molar-refractivity contribution in [1.82, 2.24) is 10.2 Å². The molecular weight excluding hydrogens is 208 g/mol. The Morgan fingerprint density at radius 3 is 2.53 bits per heavy atom. The molecule has 2 nitrogen and oxygen atoms in total. The van der Waals surface area contributed by atoms with Gasteiger partial charge in [0.25, 0.3) is 0 Å². The van der Waals surface area contributed by atoms with Crippen molar-refractivity contribution >= 4 is 0 Å². The van der Waals surface area contributed by atoms with Crippen LogP contribution in [0.3, 0.4) is 0 Å². The maximum atomic E-state index is 3.54. The van der Waals surface area contributed by atoms with Crippen LogP contribution < -0.4 is 5.32 Å². The molecule has 0 radical (unpaired) electrons. The maximum absolute atomic E-state index is 3.54. The van der Waals surface area contributed by atoms with Gasteiger partial charge in [-0.25, -0.2) is 0 Å². The topological polar surface area (TPSA) is 15.3 Å². The summed E-state index contributed by atoms with van der Waals surface area (Å²) in [5.74, 6) is 0. The highest BCUT2D eigenvalue weighted by Crippen LogP contribution is 2.14. The number of nitrogens with one attached hydrogen (secondary N) is 1. The second-order valence-electron chi connectivity index (χ2n) is 4.95. The van der Waals surface area contributed by atoms with Crippen LogP contribution >= 0.6 is 0 Å². The monoisotopic (exact) mass is 232 g/mol. The van der Waals surface area contributed by atoms with Crippen molar-refractivity contribution in [3.05, 3.63) is 35.4 Å². The Kier molecular flexibility index (Phi) is 4.57. The van der Waals surface area contributed by atoms with E-state index < -0.39 is 0 Å². The van der Waals surface area contributed by atoms with Gasteiger partial charge in [-0.2, -0.15) is 0 Å². The van der Waals surface area contributed by atoms with E-state index in [0.29, 0.717) is 6.04 Å². The van der Waals surface area contributed by atoms with Gasteiger partial charge in [0.1, 0.15) is 0 Å². The lowest BCUT2D eigenvalue weighted by Crippen LogP contribution is -2.32. The molecule has 0 aromatic heterocycles. The van der Waals surface area contributed by atoms with Crippen molar-refractivity contribution in [3.63, 3.8) is 0 Å². The fraction of sp³-hybridized carbons (Fsp3) is 0.600. The lowest BCUT2D eigenvalue weighted by molar-refractivity contribution is 0.321. The first-order chi connectivity index (χ1) is 8.31. The zero-order valence-electron chi connectivity index (χ0n) is 11.1. The Bertz CT molecular complexity index is 331. The SMILES string of the molecule is CCNC1CCN(Cc2ccc(CC)cc2)C1. The fourth-order valence-corrected chi connectivity index (χ4v) is 2.57. The van der Waals surface area contributed by atoms with Gasteiger partial charge >= 0.3 is 0 Å². The van der Waals surface area contributed by atoms with Gasteiger partial charge in [0, 0.05) is 25.7 Å². The molecule has 1 aromatic rings. The first kappa shape index (κ1) is 12.6. The molecule has 2 heteroatoms. The minimum Gasteiger partial charge on any atom is -0.313 e. The van der Waals surface area contributed by atoms with Gasteiger partial charge in [-0.15, -0.1) is 0 Å². The highest BCUT2D eigenvalue weighted by atomic mass is 15.2. The van der Waals surface area contributed by atoms with Crippen LogP contribution in [0.25, 0.3) is 0 Å². The summed E-state index contributed by atoms with van der Waals surface area (Å²) in [7, 11) is 0. The van der Waals surface area contributed by atoms with Crippen LogP contribution in [0.15, 0.2) is 24.3 Å². The fourth-order valence-electron chi connectivity index (χ4n) is 2.57. The number of hydrogen-bond acceptors (Lipinski definition) is 2. The van der Waals surface area contributed by atoms with E-state index in [4.69, 9.17) is 0 Å². The number of likely N-dealkylation sites (N-methyl/N-ethyl adjacent to an activating group) is 1. The molecule has 1 atom stereocenters. The molecule has 1 unspecified atom stereocenters. The Balaban J connectivity index is 1.84. The number of aryl methyl sites for hydroxylation is 1. The third-order valence-electron chi connectivity index (χ3n) is 3.60. The van der Waals surface area contributed by atoms with Crippen LogP contribution in [0.2, 0.25) is 0 Å². The minimum atomic E-state index is 0.704. The lowest BCUT2D eigenvalue weighted by atomic mass is 10.1. The minimum absolute atomic E-state index is 0.704. The summed E-state index contributed by atoms with van der Waals surface area (Å²) < 4.78 is 0. The molecule has 1 saturated heterocycles. The summed E-state index contributed by atoms with van der Waals surface area (Å²) in [6.45, 7) is 9.01. The predicted molar refractivity (Wildman–Crippen MR) is 73.2 cm³/mol. The van der Waals surface area contributed by atoms with Gasteiger partial charge in [-0.3, -0.25) is 4.90 Å². The average Bonchev–Trinajstić information content (AvgIpc) is 2.78. The number of benzene rings is 1. The van der Waals surface area contributed by atoms with Gasteiger partial charge in [0.05, 0.1) is 0 Å². The van der Waals surface area contributed by atoms with Crippen molar-refractivity contribution in [1.29, 1.82) is 0 Å². The summed E-state index contributed by atoms with van der Waals surface area (Å²) >= 11 is 0. The largest absolute Gasteiger partial charge is 0.313 e. The summed E-state index contributed by atoms with van der Waals surface area (Å²) in [4.78, 5) is 2.55. The number of rotatable bonds is 5. The van der Waals surface area contributed by atoms with Gasteiger partial charge in [0.2, 0.25) is 0 Å². The van der Waals surface area contributed by atoms with Crippen LogP contribution in [0.5, 0.6) is 0 Å². The van der Waals surface area contributed by atoms with E-state index in [0.717, 1.165) is 19.5 Å². The van der Waals surface area contributed by atoms with Crippen molar-refractivity contribution in [2.75, 3.05) is 19.6 Å². The quantitative estimate of drug-likeness (QED) is 0.839. The Morgan fingerprint density at radius 2 is 1.88 bits per heavy atom. The lowest BCUT2D eigenvalue weighted by Gasteiger charge is -2.16. The maximum Gasteiger partial charge on any atom is 0.0234 e. The molecule has 1 fully saturated rings. The van der Waals surface area contributed by atoms with Crippen LogP contribution in [0.4, 0.5) is 0 Å². The third kappa shape index (κ3) is 3.55. The first-order valence-corrected chi connectivity index (χ1v) is 6.85. The molecule has 0 spiro atoms. The predicted octanol–water partition coefficient (Wildman–Crippen LogP) is 2.43. The summed E-state index contributed by atoms with van der Waals surface area (Å²) in [5, 5.41) is 3.54. The van der Waals surface area contributed by atoms with Gasteiger partial charge in [-0.05, 0) is 30.5 Å². The Morgan fingerprint density at radius 1 is 1.18 bits per heavy atom. The second kappa shape index (κ2) is 6.18. The average molecular weight is 232 g/mol. The van der Waals surface area contributed by atoms with Gasteiger partial charge < -0.3 is 5.32 Å². The first-order valence-electron chi connectivity index (χ1n) is 6.85. The molecule has 94 valence electrons. The summed E-state index contributed by atoms with van der Waals surface area (Å²) in [6, 6.07) is 9.77. The molecule has 1 aromatic carbocycles. The van der Waals surface area contributed by atoms with Crippen molar-refractivity contribution in [3.8, 4) is 0 Å². The number of hydrogen-bond donors (Lipinski definition) is 1. The molecule has 0 aliphatic carbocycles. The van der Waals surface area contributed by atoms with Crippen LogP contribution in [-0.2, 0) is 13.0 Å². The van der Waals surface area contributed by atoms with Crippen LogP contribution in [0.1, 0.15) is 31.4 Å². The molecule has 1 heterocycles.